The van der Waals surface area contributed by atoms with E-state index in [9.17, 15) is 14.0 Å². The van der Waals surface area contributed by atoms with E-state index < -0.39 is 23.8 Å². The molecule has 1 saturated carbocycles. The number of amides is 1. The van der Waals surface area contributed by atoms with Crippen molar-refractivity contribution in [2.24, 2.45) is 0 Å². The summed E-state index contributed by atoms with van der Waals surface area (Å²) in [6.07, 6.45) is 0.717. The van der Waals surface area contributed by atoms with E-state index in [0.29, 0.717) is 24.3 Å². The Hall–Kier alpha value is -2.73. The monoisotopic (exact) mass is 355 g/mol. The number of halogens is 1. The lowest BCUT2D eigenvalue weighted by Crippen LogP contribution is -2.33. The van der Waals surface area contributed by atoms with Crippen LogP contribution >= 0.6 is 0 Å². The maximum atomic E-state index is 13.2. The van der Waals surface area contributed by atoms with E-state index in [0.717, 1.165) is 24.0 Å². The Morgan fingerprint density at radius 1 is 1.08 bits per heavy atom. The fourth-order valence-corrected chi connectivity index (χ4v) is 2.89. The average molecular weight is 355 g/mol. The predicted molar refractivity (Wildman–Crippen MR) is 90.7 cm³/mol. The molecule has 1 unspecified atom stereocenters. The van der Waals surface area contributed by atoms with Crippen molar-refractivity contribution in [3.05, 3.63) is 70.5 Å². The van der Waals surface area contributed by atoms with Crippen LogP contribution in [0.25, 0.3) is 0 Å². The number of nitrogens with one attached hydrogen (secondary N) is 1. The zero-order valence-electron chi connectivity index (χ0n) is 14.0. The highest BCUT2D eigenvalue weighted by Gasteiger charge is 2.31. The van der Waals surface area contributed by atoms with Crippen molar-refractivity contribution in [3.63, 3.8) is 0 Å². The number of benzene rings is 2. The van der Waals surface area contributed by atoms with E-state index in [2.05, 4.69) is 5.32 Å². The van der Waals surface area contributed by atoms with E-state index in [-0.39, 0.29) is 6.04 Å². The van der Waals surface area contributed by atoms with Crippen molar-refractivity contribution in [1.82, 2.24) is 5.32 Å². The van der Waals surface area contributed by atoms with Gasteiger partial charge in [-0.25, -0.2) is 9.18 Å². The van der Waals surface area contributed by atoms with E-state index in [1.165, 1.54) is 24.3 Å². The molecule has 1 aliphatic carbocycles. The van der Waals surface area contributed by atoms with Crippen LogP contribution in [-0.2, 0) is 27.5 Å². The van der Waals surface area contributed by atoms with Gasteiger partial charge in [-0.15, -0.1) is 0 Å². The highest BCUT2D eigenvalue weighted by atomic mass is 19.1. The Kier molecular flexibility index (Phi) is 4.42. The molecule has 1 heterocycles. The van der Waals surface area contributed by atoms with Gasteiger partial charge in [0.05, 0.1) is 18.8 Å². The van der Waals surface area contributed by atoms with Crippen molar-refractivity contribution in [1.29, 1.82) is 0 Å². The van der Waals surface area contributed by atoms with E-state index in [1.807, 2.05) is 6.07 Å². The Morgan fingerprint density at radius 3 is 2.54 bits per heavy atom. The topological polar surface area (TPSA) is 64.6 Å². The molecule has 0 aromatic heterocycles. The molecule has 1 amide bonds. The maximum absolute atomic E-state index is 13.2. The van der Waals surface area contributed by atoms with Crippen molar-refractivity contribution < 1.29 is 23.5 Å². The first kappa shape index (κ1) is 16.7. The molecule has 5 nitrogen and oxygen atoms in total. The molecular weight excluding hydrogens is 337 g/mol. The van der Waals surface area contributed by atoms with E-state index in [4.69, 9.17) is 9.47 Å². The molecule has 1 fully saturated rings. The summed E-state index contributed by atoms with van der Waals surface area (Å²) >= 11 is 0. The van der Waals surface area contributed by atoms with Gasteiger partial charge < -0.3 is 14.8 Å². The van der Waals surface area contributed by atoms with Crippen LogP contribution in [0.1, 0.15) is 46.0 Å². The van der Waals surface area contributed by atoms with Gasteiger partial charge in [-0.2, -0.15) is 0 Å². The third kappa shape index (κ3) is 3.60. The third-order valence-corrected chi connectivity index (χ3v) is 4.52. The first-order chi connectivity index (χ1) is 12.6. The molecule has 26 heavy (non-hydrogen) atoms. The number of ether oxygens (including phenoxy) is 2. The highest BCUT2D eigenvalue weighted by Crippen LogP contribution is 2.26. The second-order valence-electron chi connectivity index (χ2n) is 6.60. The van der Waals surface area contributed by atoms with Crippen LogP contribution in [0.2, 0.25) is 0 Å². The fraction of sp³-hybridized carbons (Fsp3) is 0.300. The molecule has 134 valence electrons. The van der Waals surface area contributed by atoms with Crippen LogP contribution in [0.4, 0.5) is 4.39 Å². The molecule has 0 bridgehead atoms. The maximum Gasteiger partial charge on any atom is 0.339 e. The first-order valence-corrected chi connectivity index (χ1v) is 8.56. The summed E-state index contributed by atoms with van der Waals surface area (Å²) in [5, 5.41) is 2.84. The second kappa shape index (κ2) is 6.88. The lowest BCUT2D eigenvalue weighted by molar-refractivity contribution is -0.130. The molecule has 2 aromatic carbocycles. The van der Waals surface area contributed by atoms with Gasteiger partial charge in [-0.1, -0.05) is 18.2 Å². The largest absolute Gasteiger partial charge is 0.444 e. The quantitative estimate of drug-likeness (QED) is 0.838. The minimum absolute atomic E-state index is 0.126. The first-order valence-electron chi connectivity index (χ1n) is 8.56. The van der Waals surface area contributed by atoms with Gasteiger partial charge in [0.25, 0.3) is 5.91 Å². The van der Waals surface area contributed by atoms with E-state index in [1.54, 1.807) is 12.1 Å². The van der Waals surface area contributed by atoms with Crippen LogP contribution in [0.5, 0.6) is 0 Å². The summed E-state index contributed by atoms with van der Waals surface area (Å²) in [6, 6.07) is 10.7. The molecule has 6 heteroatoms. The van der Waals surface area contributed by atoms with Gasteiger partial charge in [-0.3, -0.25) is 4.79 Å². The number of fused-ring (bicyclic) bond motifs is 1. The van der Waals surface area contributed by atoms with Crippen molar-refractivity contribution >= 4 is 11.9 Å². The van der Waals surface area contributed by atoms with Crippen LogP contribution in [0.3, 0.4) is 0 Å². The zero-order chi connectivity index (χ0) is 18.1. The van der Waals surface area contributed by atoms with Crippen molar-refractivity contribution in [2.75, 3.05) is 0 Å². The molecule has 1 N–H and O–H groups in total. The van der Waals surface area contributed by atoms with Crippen molar-refractivity contribution in [2.45, 2.75) is 38.2 Å². The van der Waals surface area contributed by atoms with Gasteiger partial charge in [0, 0.05) is 11.6 Å². The molecule has 0 radical (unpaired) electrons. The van der Waals surface area contributed by atoms with Gasteiger partial charge in [0.1, 0.15) is 5.82 Å². The van der Waals surface area contributed by atoms with Crippen molar-refractivity contribution in [3.8, 4) is 0 Å². The molecule has 1 aliphatic heterocycles. The molecule has 0 spiro atoms. The second-order valence-corrected chi connectivity index (χ2v) is 6.60. The Labute approximate surface area is 150 Å². The molecule has 1 atom stereocenters. The molecule has 0 saturated heterocycles. The summed E-state index contributed by atoms with van der Waals surface area (Å²) < 4.78 is 24.1. The van der Waals surface area contributed by atoms with Gasteiger partial charge >= 0.3 is 5.97 Å². The van der Waals surface area contributed by atoms with E-state index >= 15 is 0 Å². The molecule has 2 aliphatic rings. The standard InChI is InChI=1S/C20H18FNO4/c21-16-5-3-12(4-6-16)18(19(23)22-17-7-8-17)26-20(24)13-1-2-14-10-25-11-15(14)9-13/h1-6,9,17-18H,7-8,10-11H2,(H,22,23). The zero-order valence-corrected chi connectivity index (χ0v) is 14.0. The molecular formula is C20H18FNO4. The highest BCUT2D eigenvalue weighted by molar-refractivity contribution is 5.93. The van der Waals surface area contributed by atoms with Gasteiger partial charge in [-0.05, 0) is 48.2 Å². The number of hydrogen-bond donors (Lipinski definition) is 1. The minimum Gasteiger partial charge on any atom is -0.444 e. The number of rotatable bonds is 5. The van der Waals surface area contributed by atoms with Gasteiger partial charge in [0.2, 0.25) is 6.10 Å². The number of carbonyl (C=O) groups is 2. The smallest absolute Gasteiger partial charge is 0.339 e. The average Bonchev–Trinajstić information content (AvgIpc) is 3.32. The number of carbonyl (C=O) groups excluding carboxylic acids is 2. The van der Waals surface area contributed by atoms with Crippen LogP contribution in [-0.4, -0.2) is 17.9 Å². The fourth-order valence-electron chi connectivity index (χ4n) is 2.89. The number of hydrogen-bond acceptors (Lipinski definition) is 4. The van der Waals surface area contributed by atoms with Gasteiger partial charge in [0.15, 0.2) is 0 Å². The number of esters is 1. The lowest BCUT2D eigenvalue weighted by Gasteiger charge is -2.18. The Bertz CT molecular complexity index is 845. The van der Waals surface area contributed by atoms with Crippen LogP contribution < -0.4 is 5.32 Å². The summed E-state index contributed by atoms with van der Waals surface area (Å²) in [6.45, 7) is 0.993. The van der Waals surface area contributed by atoms with Crippen LogP contribution in [0, 0.1) is 5.82 Å². The van der Waals surface area contributed by atoms with Crippen LogP contribution in [0.15, 0.2) is 42.5 Å². The lowest BCUT2D eigenvalue weighted by atomic mass is 10.1. The summed E-state index contributed by atoms with van der Waals surface area (Å²) in [5.41, 5.74) is 2.78. The summed E-state index contributed by atoms with van der Waals surface area (Å²) in [7, 11) is 0. The SMILES string of the molecule is O=C(OC(C(=O)NC1CC1)c1ccc(F)cc1)c1ccc2c(c1)COC2. The molecule has 2 aromatic rings. The Morgan fingerprint density at radius 2 is 1.81 bits per heavy atom. The summed E-state index contributed by atoms with van der Waals surface area (Å²) in [5.74, 6) is -1.41. The third-order valence-electron chi connectivity index (χ3n) is 4.52. The molecule has 4 rings (SSSR count). The Balaban J connectivity index is 1.56. The predicted octanol–water partition coefficient (Wildman–Crippen LogP) is 3.03. The normalized spacial score (nSPS) is 16.7. The summed E-state index contributed by atoms with van der Waals surface area (Å²) in [4.78, 5) is 25.1. The minimum atomic E-state index is -1.12.